The van der Waals surface area contributed by atoms with E-state index >= 15 is 0 Å². The van der Waals surface area contributed by atoms with E-state index in [1.165, 1.54) is 6.07 Å². The minimum atomic E-state index is -0.169. The maximum atomic E-state index is 14.1. The molecule has 0 saturated carbocycles. The Kier molecular flexibility index (Phi) is 6.30. The molecule has 7 heteroatoms. The zero-order valence-corrected chi connectivity index (χ0v) is 19.5. The Bertz CT molecular complexity index is 1300. The van der Waals surface area contributed by atoms with E-state index in [0.717, 1.165) is 38.4 Å². The Morgan fingerprint density at radius 1 is 1.09 bits per heavy atom. The van der Waals surface area contributed by atoms with Crippen molar-refractivity contribution in [2.75, 3.05) is 6.61 Å². The van der Waals surface area contributed by atoms with E-state index in [4.69, 9.17) is 9.73 Å². The fourth-order valence-corrected chi connectivity index (χ4v) is 4.32. The largest absolute Gasteiger partial charge is 0.492 e. The van der Waals surface area contributed by atoms with Crippen molar-refractivity contribution in [2.24, 2.45) is 4.99 Å². The normalized spacial score (nSPS) is 12.5. The van der Waals surface area contributed by atoms with Crippen LogP contribution in [0.2, 0.25) is 0 Å². The molecule has 5 rings (SSSR count). The summed E-state index contributed by atoms with van der Waals surface area (Å²) in [6.07, 6.45) is 9.24. The van der Waals surface area contributed by atoms with Gasteiger partial charge in [-0.1, -0.05) is 18.2 Å². The third-order valence-corrected chi connectivity index (χ3v) is 6.06. The van der Waals surface area contributed by atoms with Gasteiger partial charge < -0.3 is 9.30 Å². The number of aliphatic imine (C=N–C) groups is 1. The molecule has 166 valence electrons. The van der Waals surface area contributed by atoms with Crippen LogP contribution in [0.15, 0.2) is 82.9 Å². The second-order valence-electron chi connectivity index (χ2n) is 7.98. The van der Waals surface area contributed by atoms with Crippen molar-refractivity contribution in [1.82, 2.24) is 14.5 Å². The van der Waals surface area contributed by atoms with Crippen LogP contribution < -0.4 is 4.74 Å². The Labute approximate surface area is 200 Å². The SMILES string of the molecule is Fc1ccccc1CCc1cc(OCCn2ccnc2)cc(C2=Nc3ncc(Br)cc3C2)c1. The number of fused-ring (bicyclic) bond motifs is 1. The van der Waals surface area contributed by atoms with Crippen molar-refractivity contribution < 1.29 is 9.13 Å². The van der Waals surface area contributed by atoms with Gasteiger partial charge in [-0.25, -0.2) is 19.4 Å². The lowest BCUT2D eigenvalue weighted by atomic mass is 9.98. The number of benzene rings is 2. The van der Waals surface area contributed by atoms with Crippen molar-refractivity contribution in [3.05, 3.63) is 106 Å². The van der Waals surface area contributed by atoms with Gasteiger partial charge in [0.25, 0.3) is 0 Å². The van der Waals surface area contributed by atoms with Gasteiger partial charge in [-0.05, 0) is 70.2 Å². The molecule has 0 bridgehead atoms. The third-order valence-electron chi connectivity index (χ3n) is 5.63. The van der Waals surface area contributed by atoms with E-state index in [0.29, 0.717) is 38.0 Å². The van der Waals surface area contributed by atoms with Crippen LogP contribution in [0.1, 0.15) is 22.3 Å². The molecule has 3 heterocycles. The van der Waals surface area contributed by atoms with E-state index in [2.05, 4.69) is 38.0 Å². The Morgan fingerprint density at radius 3 is 2.85 bits per heavy atom. The predicted molar refractivity (Wildman–Crippen MR) is 130 cm³/mol. The van der Waals surface area contributed by atoms with E-state index in [1.807, 2.05) is 35.0 Å². The number of halogens is 2. The Hall–Kier alpha value is -3.32. The van der Waals surface area contributed by atoms with Crippen molar-refractivity contribution in [3.8, 4) is 5.75 Å². The Morgan fingerprint density at radius 2 is 2.00 bits per heavy atom. The number of rotatable bonds is 8. The van der Waals surface area contributed by atoms with Crippen LogP contribution in [0.5, 0.6) is 5.75 Å². The number of nitrogens with zero attached hydrogens (tertiary/aromatic N) is 4. The summed E-state index contributed by atoms with van der Waals surface area (Å²) in [4.78, 5) is 13.2. The quantitative estimate of drug-likeness (QED) is 0.308. The lowest BCUT2D eigenvalue weighted by Gasteiger charge is -2.12. The molecule has 33 heavy (non-hydrogen) atoms. The topological polar surface area (TPSA) is 52.3 Å². The summed E-state index contributed by atoms with van der Waals surface area (Å²) in [5.74, 6) is 1.37. The minimum absolute atomic E-state index is 0.169. The van der Waals surface area contributed by atoms with Crippen LogP contribution in [0.25, 0.3) is 0 Å². The molecule has 0 spiro atoms. The first-order valence-electron chi connectivity index (χ1n) is 10.8. The number of aryl methyl sites for hydroxylation is 2. The van der Waals surface area contributed by atoms with Crippen LogP contribution >= 0.6 is 15.9 Å². The summed E-state index contributed by atoms with van der Waals surface area (Å²) >= 11 is 3.49. The van der Waals surface area contributed by atoms with Crippen LogP contribution in [0.3, 0.4) is 0 Å². The van der Waals surface area contributed by atoms with Gasteiger partial charge in [-0.2, -0.15) is 0 Å². The van der Waals surface area contributed by atoms with Gasteiger partial charge in [-0.15, -0.1) is 0 Å². The highest BCUT2D eigenvalue weighted by atomic mass is 79.9. The number of imidazole rings is 1. The highest BCUT2D eigenvalue weighted by molar-refractivity contribution is 9.10. The first-order chi connectivity index (χ1) is 16.1. The van der Waals surface area contributed by atoms with E-state index < -0.39 is 0 Å². The van der Waals surface area contributed by atoms with Gasteiger partial charge in [-0.3, -0.25) is 0 Å². The molecule has 0 aliphatic carbocycles. The zero-order valence-electron chi connectivity index (χ0n) is 17.9. The molecule has 0 fully saturated rings. The average Bonchev–Trinajstić information content (AvgIpc) is 3.48. The zero-order chi connectivity index (χ0) is 22.6. The van der Waals surface area contributed by atoms with Crippen LogP contribution in [0, 0.1) is 5.82 Å². The first-order valence-corrected chi connectivity index (χ1v) is 11.6. The lowest BCUT2D eigenvalue weighted by Crippen LogP contribution is -2.08. The molecule has 1 aliphatic heterocycles. The van der Waals surface area contributed by atoms with Gasteiger partial charge in [0.1, 0.15) is 18.2 Å². The average molecular weight is 505 g/mol. The van der Waals surface area contributed by atoms with E-state index in [-0.39, 0.29) is 5.82 Å². The van der Waals surface area contributed by atoms with Gasteiger partial charge in [0.2, 0.25) is 0 Å². The smallest absolute Gasteiger partial charge is 0.155 e. The third kappa shape index (κ3) is 5.20. The summed E-state index contributed by atoms with van der Waals surface area (Å²) in [5.41, 5.74) is 4.86. The van der Waals surface area contributed by atoms with Crippen LogP contribution in [0.4, 0.5) is 10.2 Å². The summed E-state index contributed by atoms with van der Waals surface area (Å²) < 4.78 is 23.1. The monoisotopic (exact) mass is 504 g/mol. The van der Waals surface area contributed by atoms with Crippen molar-refractivity contribution >= 4 is 27.5 Å². The first kappa shape index (κ1) is 21.5. The highest BCUT2D eigenvalue weighted by Crippen LogP contribution is 2.30. The van der Waals surface area contributed by atoms with E-state index in [9.17, 15) is 4.39 Å². The van der Waals surface area contributed by atoms with Crippen LogP contribution in [-0.4, -0.2) is 26.9 Å². The molecule has 0 amide bonds. The molecular weight excluding hydrogens is 483 g/mol. The van der Waals surface area contributed by atoms with Crippen molar-refractivity contribution in [1.29, 1.82) is 0 Å². The predicted octanol–water partition coefficient (Wildman–Crippen LogP) is 5.72. The van der Waals surface area contributed by atoms with Gasteiger partial charge in [0, 0.05) is 40.6 Å². The molecule has 0 N–H and O–H groups in total. The fraction of sp³-hybridized carbons (Fsp3) is 0.192. The molecule has 2 aromatic carbocycles. The van der Waals surface area contributed by atoms with Gasteiger partial charge >= 0.3 is 0 Å². The summed E-state index contributed by atoms with van der Waals surface area (Å²) in [6.45, 7) is 1.23. The number of ether oxygens (including phenoxy) is 1. The number of pyridine rings is 1. The van der Waals surface area contributed by atoms with E-state index in [1.54, 1.807) is 24.8 Å². The van der Waals surface area contributed by atoms with Crippen LogP contribution in [-0.2, 0) is 25.8 Å². The Balaban J connectivity index is 1.38. The lowest BCUT2D eigenvalue weighted by molar-refractivity contribution is 0.298. The molecular formula is C26H22BrFN4O. The van der Waals surface area contributed by atoms with Gasteiger partial charge in [0.15, 0.2) is 5.82 Å². The molecule has 4 aromatic rings. The second kappa shape index (κ2) is 9.67. The van der Waals surface area contributed by atoms with Crippen molar-refractivity contribution in [2.45, 2.75) is 25.8 Å². The standard InChI is InChI=1S/C26H22BrFN4O/c27-22-13-21-15-25(31-26(21)30-16-22)20-11-18(5-6-19-3-1-2-4-24(19)28)12-23(14-20)33-10-9-32-8-7-29-17-32/h1-4,7-8,11-14,16-17H,5-6,9-10,15H2. The molecule has 0 unspecified atom stereocenters. The molecule has 5 nitrogen and oxygen atoms in total. The molecule has 1 aliphatic rings. The molecule has 0 saturated heterocycles. The summed E-state index contributed by atoms with van der Waals surface area (Å²) in [5, 5.41) is 0. The maximum absolute atomic E-state index is 14.1. The minimum Gasteiger partial charge on any atom is -0.492 e. The highest BCUT2D eigenvalue weighted by Gasteiger charge is 2.19. The fourth-order valence-electron chi connectivity index (χ4n) is 3.94. The number of hydrogen-bond donors (Lipinski definition) is 0. The number of hydrogen-bond acceptors (Lipinski definition) is 4. The van der Waals surface area contributed by atoms with Gasteiger partial charge in [0.05, 0.1) is 18.6 Å². The summed E-state index contributed by atoms with van der Waals surface area (Å²) in [6, 6.07) is 15.2. The maximum Gasteiger partial charge on any atom is 0.155 e. The molecule has 0 atom stereocenters. The summed E-state index contributed by atoms with van der Waals surface area (Å²) in [7, 11) is 0. The molecule has 0 radical (unpaired) electrons. The van der Waals surface area contributed by atoms with Crippen molar-refractivity contribution in [3.63, 3.8) is 0 Å². The molecule has 2 aromatic heterocycles. The second-order valence-corrected chi connectivity index (χ2v) is 8.89. The number of aromatic nitrogens is 3.